The molecule has 3 N–H and O–H groups in total. The number of nitrogens with one attached hydrogen (secondary N) is 1. The number of carbonyl (C=O) groups excluding carboxylic acids is 2. The zero-order valence-corrected chi connectivity index (χ0v) is 25.0. The minimum Gasteiger partial charge on any atom is -0.369 e. The van der Waals surface area contributed by atoms with Gasteiger partial charge in [-0.3, -0.25) is 19.2 Å². The van der Waals surface area contributed by atoms with Gasteiger partial charge < -0.3 is 11.1 Å². The van der Waals surface area contributed by atoms with Crippen molar-refractivity contribution in [3.8, 4) is 21.7 Å². The van der Waals surface area contributed by atoms with Crippen LogP contribution in [-0.2, 0) is 17.3 Å². The van der Waals surface area contributed by atoms with E-state index in [4.69, 9.17) is 5.73 Å². The van der Waals surface area contributed by atoms with Crippen molar-refractivity contribution in [3.05, 3.63) is 83.9 Å². The van der Waals surface area contributed by atoms with E-state index in [1.807, 2.05) is 36.4 Å². The number of thiophene rings is 1. The fraction of sp³-hybridized carbons (Fsp3) is 0.281. The van der Waals surface area contributed by atoms with E-state index in [9.17, 15) is 9.59 Å². The highest BCUT2D eigenvalue weighted by Crippen LogP contribution is 2.39. The first-order valence-corrected chi connectivity index (χ1v) is 14.9. The van der Waals surface area contributed by atoms with Gasteiger partial charge in [0.15, 0.2) is 0 Å². The number of aryl methyl sites for hydroxylation is 1. The van der Waals surface area contributed by atoms with E-state index in [2.05, 4.69) is 20.6 Å². The summed E-state index contributed by atoms with van der Waals surface area (Å²) in [6, 6.07) is 16.1. The van der Waals surface area contributed by atoms with Crippen LogP contribution in [0.4, 0.5) is 10.2 Å². The lowest BCUT2D eigenvalue weighted by Gasteiger charge is -2.34. The van der Waals surface area contributed by atoms with Crippen molar-refractivity contribution in [2.75, 3.05) is 18.0 Å². The highest BCUT2D eigenvalue weighted by atomic mass is 32.1. The molecule has 43 heavy (non-hydrogen) atoms. The molecule has 6 rings (SSSR count). The number of primary amides is 1. The number of nitrogens with two attached hydrogens (primary N) is 1. The number of piperidine rings is 1. The third-order valence-electron chi connectivity index (χ3n) is 8.11. The van der Waals surface area contributed by atoms with Crippen LogP contribution in [0.2, 0.25) is 0 Å². The average molecular weight is 598 g/mol. The number of halogens is 1. The zero-order valence-electron chi connectivity index (χ0n) is 24.2. The second-order valence-corrected chi connectivity index (χ2v) is 12.5. The summed E-state index contributed by atoms with van der Waals surface area (Å²) in [5, 5.41) is 12.2. The number of hydrogen-bond donors (Lipinski definition) is 2. The Morgan fingerprint density at radius 1 is 1.12 bits per heavy atom. The van der Waals surface area contributed by atoms with Crippen molar-refractivity contribution in [1.82, 2.24) is 25.3 Å². The summed E-state index contributed by atoms with van der Waals surface area (Å²) in [7, 11) is 1.74. The molecule has 1 atom stereocenters. The first kappa shape index (κ1) is 28.6. The van der Waals surface area contributed by atoms with Crippen molar-refractivity contribution >= 4 is 39.1 Å². The number of pyridine rings is 1. The van der Waals surface area contributed by atoms with Crippen molar-refractivity contribution in [2.45, 2.75) is 38.1 Å². The number of amides is 2. The predicted octanol–water partition coefficient (Wildman–Crippen LogP) is 5.06. The van der Waals surface area contributed by atoms with Gasteiger partial charge in [-0.05, 0) is 68.6 Å². The average Bonchev–Trinajstić information content (AvgIpc) is 3.65. The summed E-state index contributed by atoms with van der Waals surface area (Å²) in [4.78, 5) is 33.4. The Bertz CT molecular complexity index is 1820. The van der Waals surface area contributed by atoms with Gasteiger partial charge >= 0.3 is 0 Å². The molecule has 9 nitrogen and oxygen atoms in total. The molecule has 1 aliphatic heterocycles. The number of anilines is 1. The molecule has 0 spiro atoms. The van der Waals surface area contributed by atoms with Gasteiger partial charge in [0.2, 0.25) is 5.91 Å². The molecule has 0 unspecified atom stereocenters. The first-order chi connectivity index (χ1) is 20.6. The molecule has 3 aromatic heterocycles. The van der Waals surface area contributed by atoms with E-state index in [-0.39, 0.29) is 17.5 Å². The fourth-order valence-corrected chi connectivity index (χ4v) is 6.48. The minimum absolute atomic E-state index is 0.0277. The molecule has 2 aromatic carbocycles. The predicted molar refractivity (Wildman–Crippen MR) is 166 cm³/mol. The highest BCUT2D eigenvalue weighted by Gasteiger charge is 2.32. The molecule has 220 valence electrons. The van der Waals surface area contributed by atoms with E-state index >= 15 is 4.39 Å². The van der Waals surface area contributed by atoms with E-state index in [1.54, 1.807) is 60.3 Å². The number of aromatic nitrogens is 4. The molecule has 1 fully saturated rings. The quantitative estimate of drug-likeness (QED) is 0.271. The summed E-state index contributed by atoms with van der Waals surface area (Å²) >= 11 is 1.59. The molecular weight excluding hydrogens is 565 g/mol. The highest BCUT2D eigenvalue weighted by molar-refractivity contribution is 7.22. The Morgan fingerprint density at radius 3 is 2.53 bits per heavy atom. The molecule has 11 heteroatoms. The Kier molecular flexibility index (Phi) is 7.53. The van der Waals surface area contributed by atoms with Gasteiger partial charge in [0.05, 0.1) is 23.2 Å². The van der Waals surface area contributed by atoms with Gasteiger partial charge in [0.25, 0.3) is 5.91 Å². The monoisotopic (exact) mass is 597 g/mol. The van der Waals surface area contributed by atoms with Crippen LogP contribution < -0.4 is 16.0 Å². The molecule has 1 saturated heterocycles. The Hall–Kier alpha value is -4.48. The largest absolute Gasteiger partial charge is 0.369 e. The molecule has 0 radical (unpaired) electrons. The second kappa shape index (κ2) is 11.3. The van der Waals surface area contributed by atoms with E-state index in [1.165, 1.54) is 12.1 Å². The lowest BCUT2D eigenvalue weighted by atomic mass is 9.83. The van der Waals surface area contributed by atoms with Crippen molar-refractivity contribution in [3.63, 3.8) is 0 Å². The van der Waals surface area contributed by atoms with Crippen LogP contribution in [-0.4, -0.2) is 50.9 Å². The standard InChI is InChI=1S/C32H32FN7O2S/c1-32(2,31(34)42)21-9-6-19(7-10-21)28-16-24-27(43-28)12-14-36-29(24)40(22-5-4-13-35-17-22)30(41)23-11-8-20(15-25(23)33)26-18-39(3)38-37-26/h6-12,14-16,18,22,35H,4-5,13,17H2,1-3H3,(H2,34,42)/t22-/m1/s1. The second-order valence-electron chi connectivity index (χ2n) is 11.4. The summed E-state index contributed by atoms with van der Waals surface area (Å²) in [6.45, 7) is 5.05. The van der Waals surface area contributed by atoms with Crippen LogP contribution in [0.25, 0.3) is 31.8 Å². The minimum atomic E-state index is -0.785. The van der Waals surface area contributed by atoms with Gasteiger partial charge in [-0.15, -0.1) is 16.4 Å². The Balaban J connectivity index is 1.39. The zero-order chi connectivity index (χ0) is 30.3. The van der Waals surface area contributed by atoms with Crippen LogP contribution in [0.3, 0.4) is 0 Å². The molecule has 4 heterocycles. The van der Waals surface area contributed by atoms with Gasteiger partial charge in [-0.25, -0.2) is 9.37 Å². The summed E-state index contributed by atoms with van der Waals surface area (Å²) < 4.78 is 18.1. The van der Waals surface area contributed by atoms with Gasteiger partial charge in [-0.1, -0.05) is 35.5 Å². The Labute approximate surface area is 252 Å². The maximum absolute atomic E-state index is 15.6. The van der Waals surface area contributed by atoms with Crippen LogP contribution in [0.15, 0.2) is 67.0 Å². The number of nitrogens with zero attached hydrogens (tertiary/aromatic N) is 5. The lowest BCUT2D eigenvalue weighted by Crippen LogP contribution is -2.49. The van der Waals surface area contributed by atoms with Gasteiger partial charge in [-0.2, -0.15) is 0 Å². The third kappa shape index (κ3) is 5.41. The fourth-order valence-electron chi connectivity index (χ4n) is 5.42. The smallest absolute Gasteiger partial charge is 0.262 e. The van der Waals surface area contributed by atoms with E-state index in [0.717, 1.165) is 45.5 Å². The Morgan fingerprint density at radius 2 is 1.88 bits per heavy atom. The molecule has 0 bridgehead atoms. The van der Waals surface area contributed by atoms with Crippen molar-refractivity contribution in [2.24, 2.45) is 12.8 Å². The van der Waals surface area contributed by atoms with Crippen molar-refractivity contribution in [1.29, 1.82) is 0 Å². The van der Waals surface area contributed by atoms with Crippen LogP contribution in [0.5, 0.6) is 0 Å². The van der Waals surface area contributed by atoms with Gasteiger partial charge in [0.1, 0.15) is 17.3 Å². The normalized spacial score (nSPS) is 15.5. The summed E-state index contributed by atoms with van der Waals surface area (Å²) in [5.41, 5.74) is 7.67. The molecule has 0 saturated carbocycles. The van der Waals surface area contributed by atoms with Crippen LogP contribution >= 0.6 is 11.3 Å². The molecule has 5 aromatic rings. The molecular formula is C32H32FN7O2S. The molecule has 2 amide bonds. The van der Waals surface area contributed by atoms with Crippen LogP contribution in [0.1, 0.15) is 42.6 Å². The molecule has 0 aliphatic carbocycles. The van der Waals surface area contributed by atoms with E-state index < -0.39 is 17.1 Å². The number of rotatable bonds is 7. The number of fused-ring (bicyclic) bond motifs is 1. The maximum Gasteiger partial charge on any atom is 0.262 e. The topological polar surface area (TPSA) is 119 Å². The summed E-state index contributed by atoms with van der Waals surface area (Å²) in [5.74, 6) is -0.955. The van der Waals surface area contributed by atoms with Crippen molar-refractivity contribution < 1.29 is 14.0 Å². The molecule has 1 aliphatic rings. The third-order valence-corrected chi connectivity index (χ3v) is 9.26. The lowest BCUT2D eigenvalue weighted by molar-refractivity contribution is -0.122. The van der Waals surface area contributed by atoms with Gasteiger partial charge in [0, 0.05) is 40.3 Å². The first-order valence-electron chi connectivity index (χ1n) is 14.1. The SMILES string of the molecule is Cn1cc(-c2ccc(C(=O)N(c3nccc4sc(-c5ccc(C(C)(C)C(N)=O)cc5)cc34)[C@@H]3CCCNC3)c(F)c2)nn1. The maximum atomic E-state index is 15.6. The number of benzene rings is 2. The number of carbonyl (C=O) groups is 2. The van der Waals surface area contributed by atoms with Crippen LogP contribution in [0, 0.1) is 5.82 Å². The summed E-state index contributed by atoms with van der Waals surface area (Å²) in [6.07, 6.45) is 5.05. The van der Waals surface area contributed by atoms with E-state index in [0.29, 0.717) is 23.6 Å². The number of hydrogen-bond acceptors (Lipinski definition) is 7.